The van der Waals surface area contributed by atoms with E-state index < -0.39 is 0 Å². The number of carbonyl (C=O) groups excluding carboxylic acids is 4. The number of hydrogen-bond acceptors (Lipinski definition) is 9. The van der Waals surface area contributed by atoms with Gasteiger partial charge in [0.25, 0.3) is 0 Å². The van der Waals surface area contributed by atoms with Gasteiger partial charge in [-0.05, 0) is 74.3 Å². The summed E-state index contributed by atoms with van der Waals surface area (Å²) in [4.78, 5) is 41.1. The van der Waals surface area contributed by atoms with Gasteiger partial charge in [0.2, 0.25) is 0 Å². The number of ether oxygens (including phenoxy) is 5. The van der Waals surface area contributed by atoms with Gasteiger partial charge in [-0.2, -0.15) is 0 Å². The molecule has 0 heterocycles. The molecule has 2 rings (SSSR count). The minimum Gasteiger partial charge on any atom is -0.413 e. The summed E-state index contributed by atoms with van der Waals surface area (Å²) in [6, 6.07) is 0. The van der Waals surface area contributed by atoms with Gasteiger partial charge in [0.1, 0.15) is 0 Å². The zero-order chi connectivity index (χ0) is 43.8. The first-order valence-electron chi connectivity index (χ1n) is 19.7. The van der Waals surface area contributed by atoms with Gasteiger partial charge in [0.15, 0.2) is 23.1 Å². The number of ketones is 4. The Balaban J connectivity index is -0.0000000342. The van der Waals surface area contributed by atoms with Crippen LogP contribution in [0.1, 0.15) is 164 Å². The van der Waals surface area contributed by atoms with E-state index in [0.29, 0.717) is 12.2 Å². The summed E-state index contributed by atoms with van der Waals surface area (Å²) in [7, 11) is 8.57. The Bertz CT molecular complexity index is 747. The Morgan fingerprint density at radius 2 is 0.541 bits per heavy atom. The molecule has 61 heavy (non-hydrogen) atoms. The minimum atomic E-state index is -0.121. The molecule has 0 aliphatic heterocycles. The molecule has 0 aromatic rings. The van der Waals surface area contributed by atoms with Crippen LogP contribution in [0.25, 0.3) is 0 Å². The molecule has 363 valence electrons. The van der Waals surface area contributed by atoms with Gasteiger partial charge >= 0.3 is 0 Å². The first-order valence-corrected chi connectivity index (χ1v) is 19.7. The average molecular weight is 1100 g/mol. The van der Waals surface area contributed by atoms with E-state index in [-0.39, 0.29) is 169 Å². The number of rotatable bonds is 14. The van der Waals surface area contributed by atoms with Crippen molar-refractivity contribution in [2.45, 2.75) is 194 Å². The Kier molecular flexibility index (Phi) is 144. The Morgan fingerprint density at radius 1 is 0.377 bits per heavy atom. The van der Waals surface area contributed by atoms with E-state index in [1.807, 2.05) is 48.5 Å². The second-order valence-corrected chi connectivity index (χ2v) is 10.8. The zero-order valence-corrected chi connectivity index (χ0v) is 47.9. The van der Waals surface area contributed by atoms with Gasteiger partial charge in [0.05, 0.1) is 12.2 Å². The normalized spacial score (nSPS) is 12.7. The van der Waals surface area contributed by atoms with Crippen LogP contribution in [0, 0.1) is 20.8 Å². The van der Waals surface area contributed by atoms with Gasteiger partial charge in [-0.3, -0.25) is 19.2 Å². The van der Waals surface area contributed by atoms with Crippen molar-refractivity contribution in [3.8, 4) is 0 Å². The first-order chi connectivity index (χ1) is 25.7. The minimum absolute atomic E-state index is 0. The molecule has 5 atom stereocenters. The largest absolute Gasteiger partial charge is 0.413 e. The van der Waals surface area contributed by atoms with Gasteiger partial charge in [-0.15, -0.1) is 0 Å². The zero-order valence-electron chi connectivity index (χ0n) is 39.4. The van der Waals surface area contributed by atoms with E-state index in [1.54, 1.807) is 35.5 Å². The summed E-state index contributed by atoms with van der Waals surface area (Å²) in [6.07, 6.45) is 21.7. The van der Waals surface area contributed by atoms with E-state index in [9.17, 15) is 19.2 Å². The van der Waals surface area contributed by atoms with Crippen LogP contribution in [0.4, 0.5) is 0 Å². The SMILES string of the molecule is C.C.C.C.CC.CC.CCCC(CC)OC.CCCC(CC)OC.O=C1C=CC(=O)C=C1.O=C1C=CC(=O)C=C1.[CH2-]C(CC)OC.[CH2-]C(CC)OC.[CH2-]C(CC)OC.[Y].[Y].[Y]. The van der Waals surface area contributed by atoms with E-state index in [0.717, 1.165) is 32.1 Å². The Labute approximate surface area is 458 Å². The van der Waals surface area contributed by atoms with Crippen molar-refractivity contribution >= 4 is 23.1 Å². The molecule has 0 saturated heterocycles. The van der Waals surface area contributed by atoms with Crippen molar-refractivity contribution in [1.82, 2.24) is 0 Å². The molecule has 3 radical (unpaired) electrons. The molecule has 12 heteroatoms. The standard InChI is InChI=1S/2C7H16O.2C6H4O2.3C5H11O.2C2H6.4CH4.3Y/c2*1-4-6-7(5-2)8-3;2*7-5-1-2-6(8)4-3-5;3*1-4-5(2)6-3;2*1-2;;;;;;;/h2*7H,4-6H2,1-3H3;2*1-4H;3*5H,2,4H2,1,3H3;2*1-2H3;4*1H4;;;/q;;;;3*-1;;;;;;;;;. The topological polar surface area (TPSA) is 114 Å². The molecular formula is C49H101O9Y3-3. The number of hydrogen-bond donors (Lipinski definition) is 0. The quantitative estimate of drug-likeness (QED) is 0.124. The van der Waals surface area contributed by atoms with Crippen LogP contribution in [0.15, 0.2) is 48.6 Å². The van der Waals surface area contributed by atoms with Crippen LogP contribution in [0.5, 0.6) is 0 Å². The molecule has 0 aromatic heterocycles. The smallest absolute Gasteiger partial charge is 0.178 e. The van der Waals surface area contributed by atoms with Crippen molar-refractivity contribution in [2.75, 3.05) is 35.5 Å². The van der Waals surface area contributed by atoms with Crippen molar-refractivity contribution in [3.05, 3.63) is 69.4 Å². The fourth-order valence-corrected chi connectivity index (χ4v) is 3.00. The van der Waals surface area contributed by atoms with E-state index in [4.69, 9.17) is 23.7 Å². The molecule has 0 aromatic carbocycles. The second-order valence-electron chi connectivity index (χ2n) is 10.8. The van der Waals surface area contributed by atoms with Crippen LogP contribution in [-0.4, -0.2) is 89.2 Å². The summed E-state index contributed by atoms with van der Waals surface area (Å²) < 4.78 is 24.6. The van der Waals surface area contributed by atoms with Gasteiger partial charge < -0.3 is 44.5 Å². The van der Waals surface area contributed by atoms with Crippen molar-refractivity contribution in [2.24, 2.45) is 0 Å². The fraction of sp³-hybridized carbons (Fsp3) is 0.694. The maximum atomic E-state index is 10.3. The molecule has 0 spiro atoms. The monoisotopic (exact) mass is 1100 g/mol. The fourth-order valence-electron chi connectivity index (χ4n) is 3.00. The summed E-state index contributed by atoms with van der Waals surface area (Å²) in [5.41, 5.74) is 0. The molecule has 9 nitrogen and oxygen atoms in total. The van der Waals surface area contributed by atoms with Crippen LogP contribution in [0.3, 0.4) is 0 Å². The van der Waals surface area contributed by atoms with E-state index in [2.05, 4.69) is 48.5 Å². The third-order valence-electron chi connectivity index (χ3n) is 6.81. The third kappa shape index (κ3) is 95.9. The van der Waals surface area contributed by atoms with Crippen molar-refractivity contribution in [1.29, 1.82) is 0 Å². The predicted octanol–water partition coefficient (Wildman–Crippen LogP) is 13.2. The van der Waals surface area contributed by atoms with Gasteiger partial charge in [0, 0.05) is 134 Å². The molecular weight excluding hydrogens is 999 g/mol. The summed E-state index contributed by atoms with van der Waals surface area (Å²) >= 11 is 0. The Hall–Kier alpha value is 0.752. The van der Waals surface area contributed by atoms with Crippen LogP contribution in [-0.2, 0) is 141 Å². The summed E-state index contributed by atoms with van der Waals surface area (Å²) in [5.74, 6) is -0.483. The number of carbonyl (C=O) groups is 4. The van der Waals surface area contributed by atoms with Crippen molar-refractivity contribution < 1.29 is 141 Å². The maximum absolute atomic E-state index is 10.3. The third-order valence-corrected chi connectivity index (χ3v) is 6.81. The summed E-state index contributed by atoms with van der Waals surface area (Å²) in [5, 5.41) is 0. The molecule has 0 bridgehead atoms. The molecule has 0 fully saturated rings. The molecule has 2 aliphatic rings. The maximum Gasteiger partial charge on any atom is 0.178 e. The predicted molar refractivity (Wildman–Crippen MR) is 258 cm³/mol. The molecule has 0 amide bonds. The Morgan fingerprint density at radius 3 is 0.590 bits per heavy atom. The molecule has 0 saturated carbocycles. The second kappa shape index (κ2) is 87.6. The molecule has 2 aliphatic carbocycles. The van der Waals surface area contributed by atoms with E-state index in [1.165, 1.54) is 74.3 Å². The molecule has 5 unspecified atom stereocenters. The van der Waals surface area contributed by atoms with Crippen LogP contribution < -0.4 is 0 Å². The number of methoxy groups -OCH3 is 5. The van der Waals surface area contributed by atoms with Crippen LogP contribution in [0.2, 0.25) is 0 Å². The van der Waals surface area contributed by atoms with Crippen LogP contribution >= 0.6 is 0 Å². The average Bonchev–Trinajstić information content (AvgIpc) is 3.23. The van der Waals surface area contributed by atoms with Crippen molar-refractivity contribution in [3.63, 3.8) is 0 Å². The molecule has 0 N–H and O–H groups in total. The first kappa shape index (κ1) is 100.0. The number of allylic oxidation sites excluding steroid dienone is 8. The van der Waals surface area contributed by atoms with Gasteiger partial charge in [-0.25, -0.2) is 0 Å². The van der Waals surface area contributed by atoms with Gasteiger partial charge in [-0.1, -0.05) is 156 Å². The van der Waals surface area contributed by atoms with E-state index >= 15 is 0 Å². The summed E-state index contributed by atoms with van der Waals surface area (Å²) in [6.45, 7) is 33.8.